The highest BCUT2D eigenvalue weighted by Crippen LogP contribution is 2.14. The Bertz CT molecular complexity index is 400. The van der Waals surface area contributed by atoms with Crippen molar-refractivity contribution in [3.63, 3.8) is 0 Å². The zero-order valence-electron chi connectivity index (χ0n) is 13.1. The van der Waals surface area contributed by atoms with Crippen molar-refractivity contribution in [1.82, 2.24) is 0 Å². The Morgan fingerprint density at radius 1 is 0.842 bits per heavy atom. The van der Waals surface area contributed by atoms with Gasteiger partial charge in [0.2, 0.25) is 0 Å². The molecule has 2 unspecified atom stereocenters. The van der Waals surface area contributed by atoms with E-state index in [9.17, 15) is 0 Å². The molecule has 0 fully saturated rings. The van der Waals surface area contributed by atoms with Crippen molar-refractivity contribution >= 4 is 0 Å². The predicted molar refractivity (Wildman–Crippen MR) is 89.1 cm³/mol. The molecule has 0 aliphatic carbocycles. The summed E-state index contributed by atoms with van der Waals surface area (Å²) in [7, 11) is 0. The molecule has 0 saturated heterocycles. The maximum absolute atomic E-state index is 3.69. The zero-order chi connectivity index (χ0) is 14.7. The van der Waals surface area contributed by atoms with Gasteiger partial charge in [-0.05, 0) is 32.6 Å². The third kappa shape index (κ3) is 8.20. The molecule has 0 aliphatic heterocycles. The van der Waals surface area contributed by atoms with Crippen LogP contribution in [0.1, 0.15) is 34.6 Å². The molecule has 0 amide bonds. The van der Waals surface area contributed by atoms with E-state index < -0.39 is 0 Å². The Labute approximate surface area is 119 Å². The summed E-state index contributed by atoms with van der Waals surface area (Å²) in [6.45, 7) is 14.5. The smallest absolute Gasteiger partial charge is 0.00482 e. The van der Waals surface area contributed by atoms with Crippen LogP contribution in [0.15, 0.2) is 72.4 Å². The van der Waals surface area contributed by atoms with Gasteiger partial charge in [-0.1, -0.05) is 86.3 Å². The third-order valence-electron chi connectivity index (χ3n) is 3.28. The van der Waals surface area contributed by atoms with Gasteiger partial charge in [-0.3, -0.25) is 0 Å². The van der Waals surface area contributed by atoms with Gasteiger partial charge in [-0.25, -0.2) is 0 Å². The molecule has 0 spiro atoms. The summed E-state index contributed by atoms with van der Waals surface area (Å²) in [6.07, 6.45) is 18.9. The second-order valence-electron chi connectivity index (χ2n) is 4.93. The van der Waals surface area contributed by atoms with Crippen molar-refractivity contribution in [2.75, 3.05) is 0 Å². The van der Waals surface area contributed by atoms with Crippen molar-refractivity contribution in [1.29, 1.82) is 0 Å². The lowest BCUT2D eigenvalue weighted by Gasteiger charge is -2.07. The molecular weight excluding hydrogens is 228 g/mol. The van der Waals surface area contributed by atoms with Gasteiger partial charge in [-0.2, -0.15) is 0 Å². The molecule has 0 aromatic carbocycles. The largest absolute Gasteiger partial charge is 0.0991 e. The SMILES string of the molecule is C=CC=CC(C)C(C)=CC=CC(C)C(C)=CC=CC. The fourth-order valence-electron chi connectivity index (χ4n) is 1.47. The van der Waals surface area contributed by atoms with Crippen LogP contribution in [0, 0.1) is 11.8 Å². The van der Waals surface area contributed by atoms with E-state index in [-0.39, 0.29) is 0 Å². The van der Waals surface area contributed by atoms with E-state index >= 15 is 0 Å². The first-order valence-corrected chi connectivity index (χ1v) is 6.96. The summed E-state index contributed by atoms with van der Waals surface area (Å²) in [5, 5.41) is 0. The Balaban J connectivity index is 4.56. The highest BCUT2D eigenvalue weighted by atomic mass is 14.0. The van der Waals surface area contributed by atoms with E-state index in [0.29, 0.717) is 11.8 Å². The van der Waals surface area contributed by atoms with Crippen LogP contribution in [0.2, 0.25) is 0 Å². The molecular formula is C19H28. The number of rotatable bonds is 7. The molecule has 0 bridgehead atoms. The van der Waals surface area contributed by atoms with Crippen LogP contribution in [-0.4, -0.2) is 0 Å². The van der Waals surface area contributed by atoms with Crippen molar-refractivity contribution in [3.05, 3.63) is 72.4 Å². The summed E-state index contributed by atoms with van der Waals surface area (Å²) in [5.74, 6) is 0.928. The molecule has 0 nitrogen and oxygen atoms in total. The molecule has 0 aromatic heterocycles. The van der Waals surface area contributed by atoms with Crippen molar-refractivity contribution in [2.24, 2.45) is 11.8 Å². The van der Waals surface area contributed by atoms with Gasteiger partial charge in [0.15, 0.2) is 0 Å². The van der Waals surface area contributed by atoms with E-state index in [1.54, 1.807) is 0 Å². The number of allylic oxidation sites excluding steroid dienone is 11. The molecule has 0 heterocycles. The Hall–Kier alpha value is -1.56. The molecule has 104 valence electrons. The Morgan fingerprint density at radius 2 is 1.32 bits per heavy atom. The van der Waals surface area contributed by atoms with Crippen molar-refractivity contribution in [3.8, 4) is 0 Å². The second-order valence-corrected chi connectivity index (χ2v) is 4.93. The topological polar surface area (TPSA) is 0 Å². The van der Waals surface area contributed by atoms with E-state index in [0.717, 1.165) is 0 Å². The molecule has 2 atom stereocenters. The van der Waals surface area contributed by atoms with Crippen LogP contribution < -0.4 is 0 Å². The van der Waals surface area contributed by atoms with E-state index in [1.165, 1.54) is 11.1 Å². The lowest BCUT2D eigenvalue weighted by atomic mass is 9.99. The second kappa shape index (κ2) is 10.4. The first-order chi connectivity index (χ1) is 9.02. The minimum atomic E-state index is 0.456. The van der Waals surface area contributed by atoms with Gasteiger partial charge in [0.25, 0.3) is 0 Å². The molecule has 19 heavy (non-hydrogen) atoms. The summed E-state index contributed by atoms with van der Waals surface area (Å²) in [5.41, 5.74) is 2.73. The molecule has 0 rings (SSSR count). The average molecular weight is 256 g/mol. The van der Waals surface area contributed by atoms with Gasteiger partial charge in [0.05, 0.1) is 0 Å². The van der Waals surface area contributed by atoms with Crippen molar-refractivity contribution in [2.45, 2.75) is 34.6 Å². The average Bonchev–Trinajstić information content (AvgIpc) is 2.41. The molecule has 0 heteroatoms. The van der Waals surface area contributed by atoms with E-state index in [4.69, 9.17) is 0 Å². The van der Waals surface area contributed by atoms with Gasteiger partial charge in [0.1, 0.15) is 0 Å². The lowest BCUT2D eigenvalue weighted by molar-refractivity contribution is 0.854. The van der Waals surface area contributed by atoms with Crippen LogP contribution >= 0.6 is 0 Å². The first kappa shape index (κ1) is 17.4. The number of hydrogen-bond donors (Lipinski definition) is 0. The van der Waals surface area contributed by atoms with Crippen LogP contribution in [0.5, 0.6) is 0 Å². The van der Waals surface area contributed by atoms with Crippen LogP contribution in [-0.2, 0) is 0 Å². The van der Waals surface area contributed by atoms with Gasteiger partial charge >= 0.3 is 0 Å². The highest BCUT2D eigenvalue weighted by Gasteiger charge is 1.99. The zero-order valence-corrected chi connectivity index (χ0v) is 13.1. The van der Waals surface area contributed by atoms with Crippen LogP contribution in [0.25, 0.3) is 0 Å². The van der Waals surface area contributed by atoms with Crippen LogP contribution in [0.4, 0.5) is 0 Å². The Morgan fingerprint density at radius 3 is 1.79 bits per heavy atom. The molecule has 0 saturated carbocycles. The van der Waals surface area contributed by atoms with Crippen molar-refractivity contribution < 1.29 is 0 Å². The standard InChI is InChI=1S/C19H28/c1-7-9-12-16(3)18(5)14-11-15-19(6)17(4)13-10-8-2/h7-16,19H,1H2,2-6H3. The van der Waals surface area contributed by atoms with Gasteiger partial charge in [0, 0.05) is 0 Å². The molecule has 0 aromatic rings. The fraction of sp³-hybridized carbons (Fsp3) is 0.368. The molecule has 0 N–H and O–H groups in total. The number of hydrogen-bond acceptors (Lipinski definition) is 0. The predicted octanol–water partition coefficient (Wildman–Crippen LogP) is 6.03. The third-order valence-corrected chi connectivity index (χ3v) is 3.28. The minimum Gasteiger partial charge on any atom is -0.0991 e. The minimum absolute atomic E-state index is 0.456. The summed E-state index contributed by atoms with van der Waals surface area (Å²) >= 11 is 0. The van der Waals surface area contributed by atoms with Gasteiger partial charge < -0.3 is 0 Å². The van der Waals surface area contributed by atoms with Crippen LogP contribution in [0.3, 0.4) is 0 Å². The maximum atomic E-state index is 3.69. The van der Waals surface area contributed by atoms with Gasteiger partial charge in [-0.15, -0.1) is 0 Å². The maximum Gasteiger partial charge on any atom is -0.00482 e. The lowest BCUT2D eigenvalue weighted by Crippen LogP contribution is -1.92. The monoisotopic (exact) mass is 256 g/mol. The quantitative estimate of drug-likeness (QED) is 0.488. The summed E-state index contributed by atoms with van der Waals surface area (Å²) < 4.78 is 0. The normalized spacial score (nSPS) is 17.5. The molecule has 0 aliphatic rings. The highest BCUT2D eigenvalue weighted by molar-refractivity contribution is 5.21. The molecule has 0 radical (unpaired) electrons. The van der Waals surface area contributed by atoms with E-state index in [1.807, 2.05) is 19.1 Å². The first-order valence-electron chi connectivity index (χ1n) is 6.96. The summed E-state index contributed by atoms with van der Waals surface area (Å²) in [4.78, 5) is 0. The fourth-order valence-corrected chi connectivity index (χ4v) is 1.47. The summed E-state index contributed by atoms with van der Waals surface area (Å²) in [6, 6.07) is 0. The Kier molecular flexibility index (Phi) is 9.52. The van der Waals surface area contributed by atoms with E-state index in [2.05, 4.69) is 76.8 Å².